The van der Waals surface area contributed by atoms with E-state index in [0.29, 0.717) is 6.04 Å². The maximum Gasteiger partial charge on any atom is 0.0422 e. The highest BCUT2D eigenvalue weighted by atomic mass is 79.9. The lowest BCUT2D eigenvalue weighted by atomic mass is 9.99. The summed E-state index contributed by atoms with van der Waals surface area (Å²) < 4.78 is 1.19. The van der Waals surface area contributed by atoms with Gasteiger partial charge in [0.1, 0.15) is 0 Å². The number of nitrogens with zero attached hydrogens (tertiary/aromatic N) is 2. The van der Waals surface area contributed by atoms with Gasteiger partial charge in [-0.05, 0) is 36.7 Å². The van der Waals surface area contributed by atoms with Crippen molar-refractivity contribution >= 4 is 15.9 Å². The van der Waals surface area contributed by atoms with Gasteiger partial charge >= 0.3 is 0 Å². The summed E-state index contributed by atoms with van der Waals surface area (Å²) in [5, 5.41) is 3.49. The molecule has 1 aliphatic rings. The summed E-state index contributed by atoms with van der Waals surface area (Å²) in [6, 6.07) is 15.1. The van der Waals surface area contributed by atoms with Crippen molar-refractivity contribution in [1.29, 1.82) is 0 Å². The van der Waals surface area contributed by atoms with Crippen molar-refractivity contribution in [2.75, 3.05) is 26.2 Å². The molecule has 0 bridgehead atoms. The third-order valence-corrected chi connectivity index (χ3v) is 4.93. The number of nitrogens with one attached hydrogen (secondary N) is 1. The van der Waals surface area contributed by atoms with Crippen LogP contribution in [0.4, 0.5) is 0 Å². The minimum absolute atomic E-state index is 0.366. The van der Waals surface area contributed by atoms with E-state index in [1.54, 1.807) is 0 Å². The molecule has 3 rings (SSSR count). The monoisotopic (exact) mass is 359 g/mol. The van der Waals surface area contributed by atoms with Gasteiger partial charge < -0.3 is 5.32 Å². The van der Waals surface area contributed by atoms with Crippen LogP contribution in [-0.2, 0) is 6.42 Å². The van der Waals surface area contributed by atoms with Crippen LogP contribution < -0.4 is 5.32 Å². The molecule has 4 heteroatoms. The third kappa shape index (κ3) is 3.94. The number of rotatable bonds is 4. The minimum atomic E-state index is 0.366. The van der Waals surface area contributed by atoms with Crippen molar-refractivity contribution in [1.82, 2.24) is 15.2 Å². The molecule has 0 spiro atoms. The Morgan fingerprint density at radius 2 is 1.95 bits per heavy atom. The number of hydrogen-bond acceptors (Lipinski definition) is 3. The number of aromatic nitrogens is 1. The molecule has 0 saturated carbocycles. The predicted octanol–water partition coefficient (Wildman–Crippen LogP) is 3.42. The highest BCUT2D eigenvalue weighted by Gasteiger charge is 2.23. The van der Waals surface area contributed by atoms with Crippen LogP contribution in [0.5, 0.6) is 0 Å². The molecule has 0 amide bonds. The number of halogens is 1. The molecule has 0 aliphatic carbocycles. The van der Waals surface area contributed by atoms with Gasteiger partial charge in [0.15, 0.2) is 0 Å². The fraction of sp³-hybridized carbons (Fsp3) is 0.389. The molecule has 0 radical (unpaired) electrons. The fourth-order valence-electron chi connectivity index (χ4n) is 3.08. The van der Waals surface area contributed by atoms with E-state index < -0.39 is 0 Å². The second kappa shape index (κ2) is 7.86. The third-order valence-electron chi connectivity index (χ3n) is 4.21. The Balaban J connectivity index is 1.89. The molecule has 3 nitrogen and oxygen atoms in total. The lowest BCUT2D eigenvalue weighted by molar-refractivity contribution is 0.207. The molecule has 22 heavy (non-hydrogen) atoms. The molecule has 1 saturated heterocycles. The van der Waals surface area contributed by atoms with Gasteiger partial charge in [-0.1, -0.05) is 40.2 Å². The first kappa shape index (κ1) is 15.7. The van der Waals surface area contributed by atoms with Gasteiger partial charge in [-0.15, -0.1) is 0 Å². The lowest BCUT2D eigenvalue weighted by Crippen LogP contribution is -2.33. The normalized spacial score (nSPS) is 17.9. The maximum atomic E-state index is 4.53. The zero-order valence-corrected chi connectivity index (χ0v) is 14.3. The van der Waals surface area contributed by atoms with E-state index in [9.17, 15) is 0 Å². The van der Waals surface area contributed by atoms with Crippen LogP contribution in [0.3, 0.4) is 0 Å². The summed E-state index contributed by atoms with van der Waals surface area (Å²) in [6.07, 6.45) is 4.03. The lowest BCUT2D eigenvalue weighted by Gasteiger charge is -2.31. The van der Waals surface area contributed by atoms with Gasteiger partial charge in [-0.25, -0.2) is 0 Å². The molecule has 2 heterocycles. The summed E-state index contributed by atoms with van der Waals surface area (Å²) in [6.45, 7) is 4.39. The standard InChI is InChI=1S/C18H22BrN3/c19-17-8-2-1-7-16(17)18(14-15-6-3-4-10-21-15)22-12-5-9-20-11-13-22/h1-4,6-8,10,18,20H,5,9,11-14H2. The highest BCUT2D eigenvalue weighted by molar-refractivity contribution is 9.10. The van der Waals surface area contributed by atoms with E-state index in [2.05, 4.69) is 67.5 Å². The van der Waals surface area contributed by atoms with E-state index in [1.807, 2.05) is 12.3 Å². The molecule has 116 valence electrons. The van der Waals surface area contributed by atoms with Crippen LogP contribution in [0, 0.1) is 0 Å². The topological polar surface area (TPSA) is 28.2 Å². The van der Waals surface area contributed by atoms with Crippen LogP contribution in [0.1, 0.15) is 23.7 Å². The second-order valence-corrected chi connectivity index (χ2v) is 6.56. The van der Waals surface area contributed by atoms with Crippen molar-refractivity contribution in [2.24, 2.45) is 0 Å². The van der Waals surface area contributed by atoms with Gasteiger partial charge in [0.2, 0.25) is 0 Å². The molecule has 1 aromatic heterocycles. The maximum absolute atomic E-state index is 4.53. The zero-order valence-electron chi connectivity index (χ0n) is 12.7. The Kier molecular flexibility index (Phi) is 5.59. The summed E-state index contributed by atoms with van der Waals surface area (Å²) in [4.78, 5) is 7.13. The number of pyridine rings is 1. The van der Waals surface area contributed by atoms with Crippen LogP contribution in [0.2, 0.25) is 0 Å². The molecule has 1 aromatic carbocycles. The number of hydrogen-bond donors (Lipinski definition) is 1. The van der Waals surface area contributed by atoms with E-state index in [0.717, 1.165) is 38.3 Å². The average molecular weight is 360 g/mol. The quantitative estimate of drug-likeness (QED) is 0.906. The minimum Gasteiger partial charge on any atom is -0.315 e. The molecule has 1 unspecified atom stereocenters. The van der Waals surface area contributed by atoms with Crippen molar-refractivity contribution in [3.63, 3.8) is 0 Å². The van der Waals surface area contributed by atoms with Crippen LogP contribution in [0.15, 0.2) is 53.1 Å². The van der Waals surface area contributed by atoms with Crippen molar-refractivity contribution < 1.29 is 0 Å². The smallest absolute Gasteiger partial charge is 0.0422 e. The molecule has 1 N–H and O–H groups in total. The predicted molar refractivity (Wildman–Crippen MR) is 93.9 cm³/mol. The SMILES string of the molecule is Brc1ccccc1C(Cc1ccccn1)N1CCCNCC1. The summed E-state index contributed by atoms with van der Waals surface area (Å²) >= 11 is 3.73. The van der Waals surface area contributed by atoms with Crippen molar-refractivity contribution in [2.45, 2.75) is 18.9 Å². The molecule has 1 aliphatic heterocycles. The highest BCUT2D eigenvalue weighted by Crippen LogP contribution is 2.30. The first-order valence-corrected chi connectivity index (χ1v) is 8.73. The van der Waals surface area contributed by atoms with Gasteiger partial charge in [0.25, 0.3) is 0 Å². The Morgan fingerprint density at radius 3 is 2.77 bits per heavy atom. The Morgan fingerprint density at radius 1 is 1.09 bits per heavy atom. The molecular weight excluding hydrogens is 338 g/mol. The summed E-state index contributed by atoms with van der Waals surface area (Å²) in [5.74, 6) is 0. The van der Waals surface area contributed by atoms with Gasteiger partial charge in [-0.3, -0.25) is 9.88 Å². The van der Waals surface area contributed by atoms with Crippen LogP contribution in [-0.4, -0.2) is 36.1 Å². The van der Waals surface area contributed by atoms with Crippen LogP contribution >= 0.6 is 15.9 Å². The molecule has 1 fully saturated rings. The largest absolute Gasteiger partial charge is 0.315 e. The first-order chi connectivity index (χ1) is 10.8. The molecule has 2 aromatic rings. The zero-order chi connectivity index (χ0) is 15.2. The van der Waals surface area contributed by atoms with Gasteiger partial charge in [0.05, 0.1) is 0 Å². The van der Waals surface area contributed by atoms with Crippen LogP contribution in [0.25, 0.3) is 0 Å². The van der Waals surface area contributed by atoms with E-state index in [1.165, 1.54) is 16.5 Å². The first-order valence-electron chi connectivity index (χ1n) is 7.94. The number of benzene rings is 1. The summed E-state index contributed by atoms with van der Waals surface area (Å²) in [7, 11) is 0. The molecular formula is C18H22BrN3. The van der Waals surface area contributed by atoms with Crippen molar-refractivity contribution in [3.05, 3.63) is 64.4 Å². The Bertz CT molecular complexity index is 580. The van der Waals surface area contributed by atoms with Gasteiger partial charge in [-0.2, -0.15) is 0 Å². The average Bonchev–Trinajstić information content (AvgIpc) is 2.84. The Hall–Kier alpha value is -1.23. The van der Waals surface area contributed by atoms with E-state index in [4.69, 9.17) is 0 Å². The Labute approximate surface area is 140 Å². The van der Waals surface area contributed by atoms with Gasteiger partial charge in [0, 0.05) is 48.5 Å². The second-order valence-electron chi connectivity index (χ2n) is 5.70. The van der Waals surface area contributed by atoms with E-state index >= 15 is 0 Å². The van der Waals surface area contributed by atoms with Crippen molar-refractivity contribution in [3.8, 4) is 0 Å². The molecule has 1 atom stereocenters. The fourth-order valence-corrected chi connectivity index (χ4v) is 3.63. The van der Waals surface area contributed by atoms with E-state index in [-0.39, 0.29) is 0 Å². The summed E-state index contributed by atoms with van der Waals surface area (Å²) in [5.41, 5.74) is 2.51.